The Labute approximate surface area is 203 Å². The Morgan fingerprint density at radius 3 is 2.57 bits per heavy atom. The van der Waals surface area contributed by atoms with Crippen LogP contribution >= 0.6 is 0 Å². The minimum Gasteiger partial charge on any atom is -0.494 e. The third-order valence-electron chi connectivity index (χ3n) is 6.46. The molecule has 4 heterocycles. The summed E-state index contributed by atoms with van der Waals surface area (Å²) in [6.07, 6.45) is 4.06. The van der Waals surface area contributed by atoms with Gasteiger partial charge in [-0.3, -0.25) is 9.79 Å². The van der Waals surface area contributed by atoms with Crippen LogP contribution in [0.5, 0.6) is 11.5 Å². The number of methoxy groups -OCH3 is 2. The van der Waals surface area contributed by atoms with Crippen molar-refractivity contribution in [2.75, 3.05) is 47.4 Å². The minimum atomic E-state index is -0.375. The van der Waals surface area contributed by atoms with Gasteiger partial charge in [0.05, 0.1) is 19.8 Å². The van der Waals surface area contributed by atoms with Gasteiger partial charge in [0.25, 0.3) is 0 Å². The molecule has 1 atom stereocenters. The quantitative estimate of drug-likeness (QED) is 0.597. The predicted molar refractivity (Wildman–Crippen MR) is 133 cm³/mol. The standard InChI is InChI=1S/C24H29N7O4/c1-14(32)35-13-19-26-20-21(30(19)3)17(33-4)12-15(22(20)34-5)23-25-16-6-7-18(27-24(16)28-23)31-10-8-29(2)9-11-31/h6-7,12,16H,8-11,13H2,1-5H3. The largest absolute Gasteiger partial charge is 0.494 e. The zero-order chi connectivity index (χ0) is 24.7. The number of hydrogen-bond donors (Lipinski definition) is 0. The normalized spacial score (nSPS) is 19.9. The molecule has 0 radical (unpaired) electrons. The fourth-order valence-corrected chi connectivity index (χ4v) is 4.49. The summed E-state index contributed by atoms with van der Waals surface area (Å²) in [6, 6.07) is 1.61. The van der Waals surface area contributed by atoms with Gasteiger partial charge in [-0.05, 0) is 25.3 Å². The number of carbonyl (C=O) groups excluding carboxylic acids is 1. The zero-order valence-electron chi connectivity index (χ0n) is 20.6. The molecule has 0 saturated carbocycles. The molecule has 0 spiro atoms. The molecule has 184 valence electrons. The molecule has 11 nitrogen and oxygen atoms in total. The Bertz CT molecular complexity index is 1300. The number of ether oxygens (including phenoxy) is 3. The van der Waals surface area contributed by atoms with E-state index in [2.05, 4.69) is 16.8 Å². The highest BCUT2D eigenvalue weighted by Gasteiger charge is 2.30. The van der Waals surface area contributed by atoms with E-state index in [0.29, 0.717) is 40.1 Å². The van der Waals surface area contributed by atoms with E-state index in [0.717, 1.165) is 37.5 Å². The summed E-state index contributed by atoms with van der Waals surface area (Å²) in [4.78, 5) is 35.0. The highest BCUT2D eigenvalue weighted by Crippen LogP contribution is 2.38. The van der Waals surface area contributed by atoms with Crippen molar-refractivity contribution in [3.05, 3.63) is 29.6 Å². The average Bonchev–Trinajstić information content (AvgIpc) is 3.43. The Morgan fingerprint density at radius 2 is 1.89 bits per heavy atom. The molecule has 1 saturated heterocycles. The van der Waals surface area contributed by atoms with Crippen molar-refractivity contribution in [2.45, 2.75) is 19.6 Å². The molecule has 35 heavy (non-hydrogen) atoms. The lowest BCUT2D eigenvalue weighted by Gasteiger charge is -2.34. The van der Waals surface area contributed by atoms with E-state index in [1.54, 1.807) is 14.2 Å². The van der Waals surface area contributed by atoms with Crippen LogP contribution in [0.1, 0.15) is 18.3 Å². The number of dihydropyridines is 1. The van der Waals surface area contributed by atoms with E-state index in [1.165, 1.54) is 6.92 Å². The van der Waals surface area contributed by atoms with Crippen molar-refractivity contribution in [2.24, 2.45) is 22.0 Å². The molecule has 3 aliphatic heterocycles. The first-order valence-corrected chi connectivity index (χ1v) is 11.5. The van der Waals surface area contributed by atoms with Gasteiger partial charge >= 0.3 is 5.97 Å². The summed E-state index contributed by atoms with van der Waals surface area (Å²) in [7, 11) is 7.16. The molecule has 1 aromatic heterocycles. The summed E-state index contributed by atoms with van der Waals surface area (Å²) in [6.45, 7) is 5.29. The van der Waals surface area contributed by atoms with E-state index in [9.17, 15) is 4.79 Å². The summed E-state index contributed by atoms with van der Waals surface area (Å²) in [5.41, 5.74) is 1.98. The second kappa shape index (κ2) is 9.14. The maximum absolute atomic E-state index is 11.3. The van der Waals surface area contributed by atoms with Crippen LogP contribution in [-0.4, -0.2) is 96.3 Å². The van der Waals surface area contributed by atoms with Crippen molar-refractivity contribution < 1.29 is 19.0 Å². The van der Waals surface area contributed by atoms with Crippen molar-refractivity contribution in [1.82, 2.24) is 19.4 Å². The number of hydrogen-bond acceptors (Lipinski definition) is 10. The van der Waals surface area contributed by atoms with Crippen LogP contribution in [0.4, 0.5) is 0 Å². The highest BCUT2D eigenvalue weighted by atomic mass is 16.5. The summed E-state index contributed by atoms with van der Waals surface area (Å²) < 4.78 is 18.5. The van der Waals surface area contributed by atoms with E-state index >= 15 is 0 Å². The summed E-state index contributed by atoms with van der Waals surface area (Å²) >= 11 is 0. The molecule has 1 unspecified atom stereocenters. The Balaban J connectivity index is 1.52. The molecule has 0 N–H and O–H groups in total. The van der Waals surface area contributed by atoms with Crippen molar-refractivity contribution in [3.8, 4) is 11.5 Å². The van der Waals surface area contributed by atoms with Crippen LogP contribution < -0.4 is 9.47 Å². The zero-order valence-corrected chi connectivity index (χ0v) is 20.6. The van der Waals surface area contributed by atoms with Gasteiger partial charge in [0.2, 0.25) is 0 Å². The number of piperazine rings is 1. The van der Waals surface area contributed by atoms with Gasteiger partial charge in [0, 0.05) is 40.2 Å². The number of aromatic nitrogens is 2. The van der Waals surface area contributed by atoms with Gasteiger partial charge in [-0.25, -0.2) is 15.0 Å². The first-order valence-electron chi connectivity index (χ1n) is 11.5. The molecule has 2 aromatic rings. The maximum atomic E-state index is 11.3. The number of rotatable bonds is 5. The lowest BCUT2D eigenvalue weighted by Crippen LogP contribution is -2.47. The number of carbonyl (C=O) groups is 1. The third kappa shape index (κ3) is 4.16. The smallest absolute Gasteiger partial charge is 0.303 e. The van der Waals surface area contributed by atoms with Gasteiger partial charge in [-0.1, -0.05) is 0 Å². The second-order valence-corrected chi connectivity index (χ2v) is 8.71. The lowest BCUT2D eigenvalue weighted by atomic mass is 10.1. The van der Waals surface area contributed by atoms with Gasteiger partial charge in [0.15, 0.2) is 17.4 Å². The van der Waals surface area contributed by atoms with Crippen LogP contribution in [0.25, 0.3) is 11.0 Å². The predicted octanol–water partition coefficient (Wildman–Crippen LogP) is 1.40. The fraction of sp³-hybridized carbons (Fsp3) is 0.458. The Kier molecular flexibility index (Phi) is 6.01. The van der Waals surface area contributed by atoms with Gasteiger partial charge in [0.1, 0.15) is 41.1 Å². The molecular weight excluding hydrogens is 450 g/mol. The van der Waals surface area contributed by atoms with Crippen LogP contribution in [0.3, 0.4) is 0 Å². The number of imidazole rings is 1. The first-order chi connectivity index (χ1) is 16.9. The Hall–Kier alpha value is -3.73. The van der Waals surface area contributed by atoms with Crippen LogP contribution in [0, 0.1) is 0 Å². The number of amidine groups is 3. The monoisotopic (exact) mass is 479 g/mol. The summed E-state index contributed by atoms with van der Waals surface area (Å²) in [5.74, 6) is 3.41. The van der Waals surface area contributed by atoms with Crippen molar-refractivity contribution in [3.63, 3.8) is 0 Å². The maximum Gasteiger partial charge on any atom is 0.303 e. The van der Waals surface area contributed by atoms with E-state index in [1.807, 2.05) is 29.8 Å². The molecule has 5 rings (SSSR count). The van der Waals surface area contributed by atoms with Gasteiger partial charge < -0.3 is 28.6 Å². The Morgan fingerprint density at radius 1 is 1.11 bits per heavy atom. The molecule has 0 aliphatic carbocycles. The summed E-state index contributed by atoms with van der Waals surface area (Å²) in [5, 5.41) is 0. The van der Waals surface area contributed by atoms with Crippen molar-refractivity contribution >= 4 is 34.5 Å². The molecule has 0 amide bonds. The lowest BCUT2D eigenvalue weighted by molar-refractivity contribution is -0.142. The molecule has 0 bridgehead atoms. The number of fused-ring (bicyclic) bond motifs is 2. The van der Waals surface area contributed by atoms with E-state index in [-0.39, 0.29) is 18.6 Å². The molecule has 11 heteroatoms. The third-order valence-corrected chi connectivity index (χ3v) is 6.46. The van der Waals surface area contributed by atoms with E-state index < -0.39 is 0 Å². The molecule has 1 aromatic carbocycles. The van der Waals surface area contributed by atoms with Gasteiger partial charge in [-0.15, -0.1) is 0 Å². The number of aliphatic imine (C=N–C) groups is 3. The average molecular weight is 480 g/mol. The fourth-order valence-electron chi connectivity index (χ4n) is 4.49. The first kappa shape index (κ1) is 23.0. The van der Waals surface area contributed by atoms with Crippen LogP contribution in [-0.2, 0) is 23.2 Å². The van der Waals surface area contributed by atoms with Gasteiger partial charge in [-0.2, -0.15) is 0 Å². The number of likely N-dealkylation sites (N-methyl/N-ethyl adjacent to an activating group) is 1. The molecular formula is C24H29N7O4. The minimum absolute atomic E-state index is 0.0437. The number of benzene rings is 1. The van der Waals surface area contributed by atoms with Crippen LogP contribution in [0.15, 0.2) is 33.2 Å². The highest BCUT2D eigenvalue weighted by molar-refractivity contribution is 6.20. The van der Waals surface area contributed by atoms with Crippen molar-refractivity contribution in [1.29, 1.82) is 0 Å². The topological polar surface area (TPSA) is 106 Å². The number of nitrogens with zero attached hydrogens (tertiary/aromatic N) is 7. The SMILES string of the molecule is COc1c(C2=NC3C=CC(N4CCN(C)CC4)=NC3=N2)cc(OC)c2c1nc(COC(C)=O)n2C. The second-order valence-electron chi connectivity index (χ2n) is 8.71. The van der Waals surface area contributed by atoms with E-state index in [4.69, 9.17) is 34.2 Å². The van der Waals surface area contributed by atoms with Crippen LogP contribution in [0.2, 0.25) is 0 Å². The number of aryl methyl sites for hydroxylation is 1. The number of esters is 1. The molecule has 1 fully saturated rings. The molecule has 3 aliphatic rings.